The van der Waals surface area contributed by atoms with Gasteiger partial charge in [0.05, 0.1) is 12.8 Å². The highest BCUT2D eigenvalue weighted by Gasteiger charge is 2.02. The summed E-state index contributed by atoms with van der Waals surface area (Å²) in [7, 11) is 1.65. The summed E-state index contributed by atoms with van der Waals surface area (Å²) < 4.78 is 5.19. The van der Waals surface area contributed by atoms with E-state index in [1.165, 1.54) is 0 Å². The Balaban J connectivity index is 2.34. The van der Waals surface area contributed by atoms with Gasteiger partial charge >= 0.3 is 0 Å². The lowest BCUT2D eigenvalue weighted by Gasteiger charge is -2.05. The average molecular weight is 229 g/mol. The summed E-state index contributed by atoms with van der Waals surface area (Å²) in [5.74, 6) is 0.817. The Bertz CT molecular complexity index is 497. The van der Waals surface area contributed by atoms with Crippen molar-refractivity contribution in [1.82, 2.24) is 4.98 Å². The molecule has 0 aliphatic rings. The monoisotopic (exact) mass is 229 g/mol. The fraction of sp³-hybridized carbons (Fsp3) is 0.214. The van der Waals surface area contributed by atoms with E-state index in [0.29, 0.717) is 6.42 Å². The third kappa shape index (κ3) is 2.82. The van der Waals surface area contributed by atoms with Gasteiger partial charge in [-0.2, -0.15) is 0 Å². The van der Waals surface area contributed by atoms with Crippen molar-refractivity contribution in [3.63, 3.8) is 0 Å². The average Bonchev–Trinajstić information content (AvgIpc) is 2.40. The van der Waals surface area contributed by atoms with Crippen LogP contribution in [0, 0.1) is 0 Å². The quantitative estimate of drug-likeness (QED) is 0.874. The number of hydrogen-bond donors (Lipinski definition) is 1. The van der Waals surface area contributed by atoms with E-state index < -0.39 is 0 Å². The van der Waals surface area contributed by atoms with Crippen molar-refractivity contribution in [1.29, 1.82) is 0 Å². The maximum Gasteiger partial charge on any atom is 0.119 e. The molecule has 0 spiro atoms. The second-order valence-corrected chi connectivity index (χ2v) is 3.72. The number of aromatic nitrogens is 1. The Kier molecular flexibility index (Phi) is 3.73. The lowest BCUT2D eigenvalue weighted by Crippen LogP contribution is -1.95. The van der Waals surface area contributed by atoms with Crippen LogP contribution in [0.15, 0.2) is 42.5 Å². The summed E-state index contributed by atoms with van der Waals surface area (Å²) in [4.78, 5) is 4.49. The van der Waals surface area contributed by atoms with Gasteiger partial charge in [0.25, 0.3) is 0 Å². The lowest BCUT2D eigenvalue weighted by atomic mass is 10.1. The molecule has 0 aliphatic heterocycles. The maximum atomic E-state index is 8.90. The van der Waals surface area contributed by atoms with Crippen LogP contribution in [0.1, 0.15) is 5.69 Å². The topological polar surface area (TPSA) is 42.4 Å². The molecule has 2 aromatic rings. The SMILES string of the molecule is COc1cccc(-c2cccc(CCO)n2)c1. The molecule has 88 valence electrons. The van der Waals surface area contributed by atoms with Crippen LogP contribution in [-0.2, 0) is 6.42 Å². The van der Waals surface area contributed by atoms with Gasteiger partial charge in [-0.15, -0.1) is 0 Å². The van der Waals surface area contributed by atoms with Gasteiger partial charge in [0.15, 0.2) is 0 Å². The molecule has 0 fully saturated rings. The van der Waals surface area contributed by atoms with Crippen molar-refractivity contribution in [3.05, 3.63) is 48.2 Å². The van der Waals surface area contributed by atoms with Gasteiger partial charge in [0, 0.05) is 24.3 Å². The predicted molar refractivity (Wildman–Crippen MR) is 67.0 cm³/mol. The molecule has 3 heteroatoms. The molecule has 17 heavy (non-hydrogen) atoms. The summed E-state index contributed by atoms with van der Waals surface area (Å²) in [5, 5.41) is 8.90. The van der Waals surface area contributed by atoms with Crippen LogP contribution in [-0.4, -0.2) is 23.8 Å². The van der Waals surface area contributed by atoms with Crippen LogP contribution in [0.4, 0.5) is 0 Å². The van der Waals surface area contributed by atoms with Crippen molar-refractivity contribution >= 4 is 0 Å². The number of methoxy groups -OCH3 is 1. The molecule has 2 rings (SSSR count). The highest BCUT2D eigenvalue weighted by molar-refractivity contribution is 5.61. The zero-order valence-electron chi connectivity index (χ0n) is 9.76. The Morgan fingerprint density at radius 2 is 2.00 bits per heavy atom. The van der Waals surface area contributed by atoms with Crippen LogP contribution in [0.2, 0.25) is 0 Å². The fourth-order valence-electron chi connectivity index (χ4n) is 1.68. The van der Waals surface area contributed by atoms with E-state index in [2.05, 4.69) is 4.98 Å². The third-order valence-electron chi connectivity index (χ3n) is 2.54. The van der Waals surface area contributed by atoms with Gasteiger partial charge in [0.2, 0.25) is 0 Å². The van der Waals surface area contributed by atoms with Crippen molar-refractivity contribution in [2.24, 2.45) is 0 Å². The molecule has 0 saturated heterocycles. The van der Waals surface area contributed by atoms with Gasteiger partial charge in [-0.1, -0.05) is 18.2 Å². The highest BCUT2D eigenvalue weighted by Crippen LogP contribution is 2.22. The number of nitrogens with zero attached hydrogens (tertiary/aromatic N) is 1. The first kappa shape index (κ1) is 11.6. The standard InChI is InChI=1S/C14H15NO2/c1-17-13-6-2-4-11(10-13)14-7-3-5-12(15-14)8-9-16/h2-7,10,16H,8-9H2,1H3. The molecule has 0 amide bonds. The second kappa shape index (κ2) is 5.46. The molecular weight excluding hydrogens is 214 g/mol. The Morgan fingerprint density at radius 3 is 2.76 bits per heavy atom. The first-order valence-corrected chi connectivity index (χ1v) is 5.54. The molecule has 0 radical (unpaired) electrons. The van der Waals surface area contributed by atoms with Gasteiger partial charge in [-0.25, -0.2) is 0 Å². The normalized spacial score (nSPS) is 10.2. The van der Waals surface area contributed by atoms with E-state index in [9.17, 15) is 0 Å². The molecule has 0 bridgehead atoms. The van der Waals surface area contributed by atoms with E-state index in [1.807, 2.05) is 42.5 Å². The minimum atomic E-state index is 0.120. The zero-order valence-corrected chi connectivity index (χ0v) is 9.76. The zero-order chi connectivity index (χ0) is 12.1. The van der Waals surface area contributed by atoms with Gasteiger partial charge in [-0.05, 0) is 24.3 Å². The minimum absolute atomic E-state index is 0.120. The summed E-state index contributed by atoms with van der Waals surface area (Å²) in [6.07, 6.45) is 0.581. The molecule has 1 N–H and O–H groups in total. The van der Waals surface area contributed by atoms with E-state index in [-0.39, 0.29) is 6.61 Å². The number of rotatable bonds is 4. The van der Waals surface area contributed by atoms with Gasteiger partial charge in [0.1, 0.15) is 5.75 Å². The van der Waals surface area contributed by atoms with E-state index in [0.717, 1.165) is 22.7 Å². The Morgan fingerprint density at radius 1 is 1.18 bits per heavy atom. The predicted octanol–water partition coefficient (Wildman–Crippen LogP) is 2.29. The van der Waals surface area contributed by atoms with Crippen LogP contribution >= 0.6 is 0 Å². The Hall–Kier alpha value is -1.87. The van der Waals surface area contributed by atoms with E-state index in [4.69, 9.17) is 9.84 Å². The van der Waals surface area contributed by atoms with Crippen molar-refractivity contribution in [3.8, 4) is 17.0 Å². The fourth-order valence-corrected chi connectivity index (χ4v) is 1.68. The number of pyridine rings is 1. The number of benzene rings is 1. The number of ether oxygens (including phenoxy) is 1. The minimum Gasteiger partial charge on any atom is -0.497 e. The third-order valence-corrected chi connectivity index (χ3v) is 2.54. The number of aliphatic hydroxyl groups excluding tert-OH is 1. The molecule has 0 saturated carbocycles. The summed E-state index contributed by atoms with van der Waals surface area (Å²) in [5.41, 5.74) is 2.81. The van der Waals surface area contributed by atoms with Crippen molar-refractivity contribution in [2.45, 2.75) is 6.42 Å². The van der Waals surface area contributed by atoms with Crippen LogP contribution < -0.4 is 4.74 Å². The highest BCUT2D eigenvalue weighted by atomic mass is 16.5. The second-order valence-electron chi connectivity index (χ2n) is 3.72. The van der Waals surface area contributed by atoms with Crippen molar-refractivity contribution < 1.29 is 9.84 Å². The van der Waals surface area contributed by atoms with E-state index in [1.54, 1.807) is 7.11 Å². The molecule has 1 aromatic carbocycles. The number of aliphatic hydroxyl groups is 1. The smallest absolute Gasteiger partial charge is 0.119 e. The first-order chi connectivity index (χ1) is 8.33. The molecule has 1 aromatic heterocycles. The molecule has 3 nitrogen and oxygen atoms in total. The van der Waals surface area contributed by atoms with Crippen molar-refractivity contribution in [2.75, 3.05) is 13.7 Å². The number of hydrogen-bond acceptors (Lipinski definition) is 3. The van der Waals surface area contributed by atoms with Gasteiger partial charge < -0.3 is 9.84 Å². The maximum absolute atomic E-state index is 8.90. The molecular formula is C14H15NO2. The van der Waals surface area contributed by atoms with Crippen LogP contribution in [0.5, 0.6) is 5.75 Å². The largest absolute Gasteiger partial charge is 0.497 e. The van der Waals surface area contributed by atoms with Gasteiger partial charge in [-0.3, -0.25) is 4.98 Å². The van der Waals surface area contributed by atoms with E-state index >= 15 is 0 Å². The summed E-state index contributed by atoms with van der Waals surface area (Å²) in [6.45, 7) is 0.120. The Labute approximate surface area is 101 Å². The molecule has 0 aliphatic carbocycles. The molecule has 0 atom stereocenters. The first-order valence-electron chi connectivity index (χ1n) is 5.54. The summed E-state index contributed by atoms with van der Waals surface area (Å²) >= 11 is 0. The van der Waals surface area contributed by atoms with Crippen LogP contribution in [0.3, 0.4) is 0 Å². The van der Waals surface area contributed by atoms with Crippen LogP contribution in [0.25, 0.3) is 11.3 Å². The summed E-state index contributed by atoms with van der Waals surface area (Å²) in [6, 6.07) is 13.6. The molecule has 1 heterocycles. The lowest BCUT2D eigenvalue weighted by molar-refractivity contribution is 0.298. The molecule has 0 unspecified atom stereocenters.